The first-order valence-corrected chi connectivity index (χ1v) is 10.3. The second-order valence-corrected chi connectivity index (χ2v) is 7.88. The van der Waals surface area contributed by atoms with Crippen molar-refractivity contribution in [3.63, 3.8) is 0 Å². The molecule has 0 aliphatic carbocycles. The summed E-state index contributed by atoms with van der Waals surface area (Å²) in [5, 5.41) is 7.92. The minimum absolute atomic E-state index is 0.0100. The van der Waals surface area contributed by atoms with Crippen LogP contribution in [0.15, 0.2) is 23.2 Å². The van der Waals surface area contributed by atoms with E-state index in [1.807, 2.05) is 6.92 Å². The molecule has 1 aliphatic rings. The second-order valence-electron chi connectivity index (χ2n) is 7.88. The number of carbonyl (C=O) groups excluding carboxylic acids is 1. The zero-order chi connectivity index (χ0) is 22.2. The summed E-state index contributed by atoms with van der Waals surface area (Å²) in [7, 11) is 0. The van der Waals surface area contributed by atoms with E-state index < -0.39 is 11.7 Å². The van der Waals surface area contributed by atoms with Gasteiger partial charge in [-0.15, -0.1) is 0 Å². The number of piperidine rings is 1. The number of aromatic nitrogens is 5. The molecule has 4 rings (SSSR count). The number of carbonyl (C=O) groups is 1. The monoisotopic (exact) mass is 436 g/mol. The molecule has 31 heavy (non-hydrogen) atoms. The summed E-state index contributed by atoms with van der Waals surface area (Å²) in [4.78, 5) is 22.6. The van der Waals surface area contributed by atoms with Gasteiger partial charge in [0.2, 0.25) is 5.91 Å². The first-order valence-electron chi connectivity index (χ1n) is 10.3. The van der Waals surface area contributed by atoms with E-state index in [2.05, 4.69) is 20.2 Å². The first kappa shape index (κ1) is 21.3. The molecule has 1 fully saturated rings. The molecule has 0 unspecified atom stereocenters. The Hall–Kier alpha value is -2.98. The first-order chi connectivity index (χ1) is 14.8. The lowest BCUT2D eigenvalue weighted by molar-refractivity contribution is -0.137. The molecule has 1 amide bonds. The summed E-state index contributed by atoms with van der Waals surface area (Å²) in [6.45, 7) is 4.88. The molecule has 3 aromatic heterocycles. The predicted molar refractivity (Wildman–Crippen MR) is 104 cm³/mol. The molecule has 166 valence electrons. The average Bonchev–Trinajstić information content (AvgIpc) is 3.41. The highest BCUT2D eigenvalue weighted by Gasteiger charge is 2.38. The van der Waals surface area contributed by atoms with Gasteiger partial charge in [0.15, 0.2) is 0 Å². The van der Waals surface area contributed by atoms with Crippen LogP contribution in [0.1, 0.15) is 49.6 Å². The zero-order valence-corrected chi connectivity index (χ0v) is 17.3. The van der Waals surface area contributed by atoms with Gasteiger partial charge in [0.25, 0.3) is 5.71 Å². The quantitative estimate of drug-likeness (QED) is 0.609. The Morgan fingerprint density at radius 2 is 2.06 bits per heavy atom. The molecule has 1 aliphatic heterocycles. The van der Waals surface area contributed by atoms with Gasteiger partial charge in [-0.25, -0.2) is 9.97 Å². The smallest absolute Gasteiger partial charge is 0.342 e. The summed E-state index contributed by atoms with van der Waals surface area (Å²) in [5.41, 5.74) is -0.253. The predicted octanol–water partition coefficient (Wildman–Crippen LogP) is 3.44. The number of amides is 1. The van der Waals surface area contributed by atoms with Gasteiger partial charge in [-0.2, -0.15) is 18.3 Å². The van der Waals surface area contributed by atoms with Gasteiger partial charge in [-0.3, -0.25) is 9.48 Å². The Bertz CT molecular complexity index is 1050. The molecule has 0 spiro atoms. The van der Waals surface area contributed by atoms with E-state index in [0.717, 1.165) is 6.07 Å². The van der Waals surface area contributed by atoms with Crippen LogP contribution in [0.3, 0.4) is 0 Å². The standard InChI is InChI=1S/C20H23F3N6O2/c1-3-14-8-15(20(21,22)23)16-17(27-31-18(16)26-14)13-4-6-28(7-5-13)19(30)12(2)9-29-11-24-10-25-29/h8,10-13H,3-7,9H2,1-2H3/t12-/m1/s1. The number of halogens is 3. The third-order valence-corrected chi connectivity index (χ3v) is 5.74. The number of rotatable bonds is 5. The van der Waals surface area contributed by atoms with E-state index in [-0.39, 0.29) is 34.5 Å². The number of hydrogen-bond donors (Lipinski definition) is 0. The summed E-state index contributed by atoms with van der Waals surface area (Å²) < 4.78 is 47.9. The molecule has 0 bridgehead atoms. The van der Waals surface area contributed by atoms with Gasteiger partial charge in [0, 0.05) is 24.7 Å². The van der Waals surface area contributed by atoms with Crippen molar-refractivity contribution in [1.29, 1.82) is 0 Å². The van der Waals surface area contributed by atoms with E-state index >= 15 is 0 Å². The Balaban J connectivity index is 1.50. The van der Waals surface area contributed by atoms with E-state index in [1.165, 1.54) is 6.33 Å². The van der Waals surface area contributed by atoms with E-state index in [9.17, 15) is 18.0 Å². The van der Waals surface area contributed by atoms with E-state index in [4.69, 9.17) is 4.52 Å². The molecule has 3 aromatic rings. The topological polar surface area (TPSA) is 89.9 Å². The Kier molecular flexibility index (Phi) is 5.67. The Morgan fingerprint density at radius 3 is 2.68 bits per heavy atom. The summed E-state index contributed by atoms with van der Waals surface area (Å²) in [6, 6.07) is 1.08. The molecule has 11 heteroatoms. The van der Waals surface area contributed by atoms with Crippen LogP contribution in [-0.4, -0.2) is 48.8 Å². The van der Waals surface area contributed by atoms with Gasteiger partial charge in [-0.1, -0.05) is 19.0 Å². The highest BCUT2D eigenvalue weighted by Crippen LogP contribution is 2.40. The van der Waals surface area contributed by atoms with Crippen LogP contribution < -0.4 is 0 Å². The molecule has 4 heterocycles. The van der Waals surface area contributed by atoms with Crippen molar-refractivity contribution < 1.29 is 22.5 Å². The normalized spacial score (nSPS) is 16.7. The van der Waals surface area contributed by atoms with Crippen LogP contribution in [0.5, 0.6) is 0 Å². The van der Waals surface area contributed by atoms with Crippen LogP contribution in [-0.2, 0) is 23.9 Å². The Morgan fingerprint density at radius 1 is 1.32 bits per heavy atom. The van der Waals surface area contributed by atoms with Crippen LogP contribution in [0.25, 0.3) is 11.1 Å². The fourth-order valence-electron chi connectivity index (χ4n) is 4.08. The average molecular weight is 436 g/mol. The molecule has 8 nitrogen and oxygen atoms in total. The summed E-state index contributed by atoms with van der Waals surface area (Å²) >= 11 is 0. The van der Waals surface area contributed by atoms with Crippen molar-refractivity contribution in [3.05, 3.63) is 35.7 Å². The number of fused-ring (bicyclic) bond motifs is 1. The molecule has 0 radical (unpaired) electrons. The van der Waals surface area contributed by atoms with Crippen molar-refractivity contribution in [2.75, 3.05) is 13.1 Å². The van der Waals surface area contributed by atoms with Crippen molar-refractivity contribution in [2.45, 2.75) is 51.7 Å². The molecule has 1 saturated heterocycles. The van der Waals surface area contributed by atoms with E-state index in [0.29, 0.717) is 44.6 Å². The molecular formula is C20H23F3N6O2. The number of aryl methyl sites for hydroxylation is 1. The lowest BCUT2D eigenvalue weighted by Crippen LogP contribution is -2.41. The number of nitrogens with zero attached hydrogens (tertiary/aromatic N) is 6. The third-order valence-electron chi connectivity index (χ3n) is 5.74. The molecular weight excluding hydrogens is 413 g/mol. The highest BCUT2D eigenvalue weighted by molar-refractivity contribution is 5.82. The lowest BCUT2D eigenvalue weighted by atomic mass is 9.90. The van der Waals surface area contributed by atoms with Crippen molar-refractivity contribution in [2.24, 2.45) is 5.92 Å². The lowest BCUT2D eigenvalue weighted by Gasteiger charge is -2.33. The Labute approximate surface area is 176 Å². The summed E-state index contributed by atoms with van der Waals surface area (Å²) in [5.74, 6) is -0.518. The van der Waals surface area contributed by atoms with Gasteiger partial charge in [-0.05, 0) is 25.3 Å². The maximum absolute atomic E-state index is 13.7. The van der Waals surface area contributed by atoms with E-state index in [1.54, 1.807) is 22.8 Å². The van der Waals surface area contributed by atoms with Crippen LogP contribution in [0.4, 0.5) is 13.2 Å². The van der Waals surface area contributed by atoms with Crippen LogP contribution in [0, 0.1) is 5.92 Å². The van der Waals surface area contributed by atoms with Gasteiger partial charge >= 0.3 is 6.18 Å². The molecule has 1 atom stereocenters. The fourth-order valence-corrected chi connectivity index (χ4v) is 4.08. The zero-order valence-electron chi connectivity index (χ0n) is 17.3. The van der Waals surface area contributed by atoms with Crippen LogP contribution in [0.2, 0.25) is 0 Å². The van der Waals surface area contributed by atoms with Gasteiger partial charge < -0.3 is 9.42 Å². The highest BCUT2D eigenvalue weighted by atomic mass is 19.4. The number of likely N-dealkylation sites (tertiary alicyclic amines) is 1. The third kappa shape index (κ3) is 4.26. The minimum atomic E-state index is -4.53. The number of pyridine rings is 1. The maximum Gasteiger partial charge on any atom is 0.417 e. The largest absolute Gasteiger partial charge is 0.417 e. The van der Waals surface area contributed by atoms with Crippen molar-refractivity contribution in [1.82, 2.24) is 29.8 Å². The fraction of sp³-hybridized carbons (Fsp3) is 0.550. The molecule has 0 saturated carbocycles. The van der Waals surface area contributed by atoms with Crippen LogP contribution >= 0.6 is 0 Å². The van der Waals surface area contributed by atoms with Gasteiger partial charge in [0.05, 0.1) is 29.1 Å². The summed E-state index contributed by atoms with van der Waals surface area (Å²) in [6.07, 6.45) is -0.173. The minimum Gasteiger partial charge on any atom is -0.342 e. The number of hydrogen-bond acceptors (Lipinski definition) is 6. The molecule has 0 N–H and O–H groups in total. The van der Waals surface area contributed by atoms with Crippen molar-refractivity contribution >= 4 is 17.0 Å². The molecule has 0 aromatic carbocycles. The maximum atomic E-state index is 13.7. The van der Waals surface area contributed by atoms with Crippen molar-refractivity contribution in [3.8, 4) is 0 Å². The van der Waals surface area contributed by atoms with Gasteiger partial charge in [0.1, 0.15) is 12.7 Å². The number of alkyl halides is 3. The SMILES string of the molecule is CCc1cc(C(F)(F)F)c2c(C3CCN(C(=O)[C@H](C)Cn4cncn4)CC3)noc2n1. The second kappa shape index (κ2) is 8.27.